The molecule has 2 aliphatic rings. The number of rotatable bonds is 2. The van der Waals surface area contributed by atoms with Gasteiger partial charge in [0.2, 0.25) is 5.91 Å². The van der Waals surface area contributed by atoms with E-state index in [1.54, 1.807) is 24.3 Å². The van der Waals surface area contributed by atoms with Crippen molar-refractivity contribution >= 4 is 29.1 Å². The van der Waals surface area contributed by atoms with E-state index in [9.17, 15) is 9.59 Å². The summed E-state index contributed by atoms with van der Waals surface area (Å²) < 4.78 is 0. The van der Waals surface area contributed by atoms with Crippen LogP contribution in [0.15, 0.2) is 48.5 Å². The fraction of sp³-hybridized carbons (Fsp3) is 0.391. The minimum absolute atomic E-state index is 0.0266. The topological polar surface area (TPSA) is 40.6 Å². The molecule has 0 aromatic heterocycles. The number of piperidine rings is 1. The fourth-order valence-electron chi connectivity index (χ4n) is 4.36. The summed E-state index contributed by atoms with van der Waals surface area (Å²) in [7, 11) is 0. The Hall–Kier alpha value is -2.33. The quantitative estimate of drug-likeness (QED) is 0.746. The lowest BCUT2D eigenvalue weighted by Crippen LogP contribution is -2.50. The Kier molecular flexibility index (Phi) is 5.40. The Morgan fingerprint density at radius 2 is 1.79 bits per heavy atom. The number of aryl methyl sites for hydroxylation is 1. The molecule has 1 fully saturated rings. The zero-order valence-corrected chi connectivity index (χ0v) is 16.9. The third-order valence-corrected chi connectivity index (χ3v) is 6.16. The van der Waals surface area contributed by atoms with Crippen LogP contribution in [0.25, 0.3) is 0 Å². The van der Waals surface area contributed by atoms with Crippen LogP contribution < -0.4 is 4.90 Å². The number of benzene rings is 2. The first kappa shape index (κ1) is 19.0. The van der Waals surface area contributed by atoms with Gasteiger partial charge in [-0.3, -0.25) is 9.59 Å². The highest BCUT2D eigenvalue weighted by Crippen LogP contribution is 2.33. The van der Waals surface area contributed by atoms with Crippen molar-refractivity contribution in [1.82, 2.24) is 4.90 Å². The summed E-state index contributed by atoms with van der Waals surface area (Å²) in [6.07, 6.45) is 3.66. The van der Waals surface area contributed by atoms with Crippen molar-refractivity contribution in [2.45, 2.75) is 38.6 Å². The molecule has 2 atom stereocenters. The lowest BCUT2D eigenvalue weighted by molar-refractivity contribution is -0.124. The van der Waals surface area contributed by atoms with E-state index in [-0.39, 0.29) is 23.8 Å². The monoisotopic (exact) mass is 396 g/mol. The van der Waals surface area contributed by atoms with Crippen LogP contribution in [0.5, 0.6) is 0 Å². The van der Waals surface area contributed by atoms with E-state index in [0.717, 1.165) is 31.4 Å². The van der Waals surface area contributed by atoms with Crippen LogP contribution in [0, 0.1) is 5.92 Å². The van der Waals surface area contributed by atoms with Gasteiger partial charge >= 0.3 is 0 Å². The number of carbonyl (C=O) groups is 2. The zero-order valence-electron chi connectivity index (χ0n) is 16.1. The normalized spacial score (nSPS) is 21.9. The molecule has 4 nitrogen and oxygen atoms in total. The van der Waals surface area contributed by atoms with Crippen molar-refractivity contribution in [2.75, 3.05) is 18.0 Å². The van der Waals surface area contributed by atoms with Crippen molar-refractivity contribution < 1.29 is 9.59 Å². The first-order valence-electron chi connectivity index (χ1n) is 10.0. The van der Waals surface area contributed by atoms with E-state index >= 15 is 0 Å². The second-order valence-corrected chi connectivity index (χ2v) is 8.26. The van der Waals surface area contributed by atoms with Crippen molar-refractivity contribution in [1.29, 1.82) is 0 Å². The molecule has 1 saturated heterocycles. The van der Waals surface area contributed by atoms with Gasteiger partial charge in [-0.1, -0.05) is 29.8 Å². The van der Waals surface area contributed by atoms with Crippen molar-refractivity contribution in [3.8, 4) is 0 Å². The first-order chi connectivity index (χ1) is 13.5. The van der Waals surface area contributed by atoms with Crippen molar-refractivity contribution in [3.63, 3.8) is 0 Å². The highest BCUT2D eigenvalue weighted by molar-refractivity contribution is 6.30. The minimum atomic E-state index is -0.154. The lowest BCUT2D eigenvalue weighted by Gasteiger charge is -2.40. The van der Waals surface area contributed by atoms with Gasteiger partial charge in [0.05, 0.1) is 5.92 Å². The summed E-state index contributed by atoms with van der Waals surface area (Å²) in [5.41, 5.74) is 2.89. The van der Waals surface area contributed by atoms with Crippen LogP contribution in [0.3, 0.4) is 0 Å². The zero-order chi connectivity index (χ0) is 19.7. The minimum Gasteiger partial charge on any atom is -0.338 e. The van der Waals surface area contributed by atoms with E-state index in [0.29, 0.717) is 23.7 Å². The van der Waals surface area contributed by atoms with Crippen molar-refractivity contribution in [2.24, 2.45) is 5.92 Å². The molecular formula is C23H25ClN2O2. The molecule has 2 heterocycles. The van der Waals surface area contributed by atoms with Crippen LogP contribution in [0.1, 0.15) is 42.1 Å². The predicted octanol–water partition coefficient (Wildman–Crippen LogP) is 4.56. The molecule has 2 unspecified atom stereocenters. The molecule has 0 spiro atoms. The summed E-state index contributed by atoms with van der Waals surface area (Å²) in [4.78, 5) is 30.1. The van der Waals surface area contributed by atoms with Gasteiger partial charge in [0.25, 0.3) is 5.91 Å². The fourth-order valence-corrected chi connectivity index (χ4v) is 4.49. The number of likely N-dealkylation sites (tertiary alicyclic amines) is 1. The highest BCUT2D eigenvalue weighted by atomic mass is 35.5. The van der Waals surface area contributed by atoms with Gasteiger partial charge in [-0.25, -0.2) is 0 Å². The van der Waals surface area contributed by atoms with E-state index in [1.807, 2.05) is 28.0 Å². The largest absolute Gasteiger partial charge is 0.338 e. The number of carbonyl (C=O) groups excluding carboxylic acids is 2. The molecule has 5 heteroatoms. The Balaban J connectivity index is 1.52. The molecular weight excluding hydrogens is 372 g/mol. The van der Waals surface area contributed by atoms with Gasteiger partial charge in [0, 0.05) is 35.4 Å². The number of hydrogen-bond donors (Lipinski definition) is 0. The van der Waals surface area contributed by atoms with Crippen LogP contribution in [-0.4, -0.2) is 35.8 Å². The number of halogens is 1. The molecule has 146 valence electrons. The second kappa shape index (κ2) is 7.96. The van der Waals surface area contributed by atoms with E-state index in [2.05, 4.69) is 13.0 Å². The highest BCUT2D eigenvalue weighted by Gasteiger charge is 2.36. The molecule has 0 radical (unpaired) electrons. The molecule has 0 saturated carbocycles. The van der Waals surface area contributed by atoms with Crippen LogP contribution >= 0.6 is 11.6 Å². The van der Waals surface area contributed by atoms with E-state index in [4.69, 9.17) is 11.6 Å². The third-order valence-electron chi connectivity index (χ3n) is 5.91. The molecule has 2 amide bonds. The Labute approximate surface area is 171 Å². The van der Waals surface area contributed by atoms with Gasteiger partial charge in [0.15, 0.2) is 0 Å². The predicted molar refractivity (Wildman–Crippen MR) is 112 cm³/mol. The van der Waals surface area contributed by atoms with Crippen LogP contribution in [0.2, 0.25) is 5.02 Å². The van der Waals surface area contributed by atoms with Crippen LogP contribution in [0.4, 0.5) is 5.69 Å². The molecule has 0 N–H and O–H groups in total. The Bertz CT molecular complexity index is 880. The first-order valence-corrected chi connectivity index (χ1v) is 10.4. The molecule has 2 aromatic rings. The second-order valence-electron chi connectivity index (χ2n) is 7.82. The number of nitrogens with zero attached hydrogens (tertiary/aromatic N) is 2. The smallest absolute Gasteiger partial charge is 0.253 e. The Morgan fingerprint density at radius 1 is 1.04 bits per heavy atom. The van der Waals surface area contributed by atoms with Crippen molar-refractivity contribution in [3.05, 3.63) is 64.7 Å². The number of amides is 2. The Morgan fingerprint density at radius 3 is 2.57 bits per heavy atom. The maximum atomic E-state index is 13.4. The SMILES string of the molecule is CC1CCc2ccccc2N1C(=O)C1CCCN(C(=O)c2ccc(Cl)cc2)C1. The average molecular weight is 397 g/mol. The van der Waals surface area contributed by atoms with Gasteiger partial charge in [-0.2, -0.15) is 0 Å². The summed E-state index contributed by atoms with van der Waals surface area (Å²) in [6.45, 7) is 3.29. The number of fused-ring (bicyclic) bond motifs is 1. The maximum Gasteiger partial charge on any atom is 0.253 e. The summed E-state index contributed by atoms with van der Waals surface area (Å²) in [5, 5.41) is 0.612. The average Bonchev–Trinajstić information content (AvgIpc) is 2.73. The molecule has 0 bridgehead atoms. The summed E-state index contributed by atoms with van der Waals surface area (Å²) >= 11 is 5.93. The third kappa shape index (κ3) is 3.66. The number of anilines is 1. The number of para-hydroxylation sites is 1. The maximum absolute atomic E-state index is 13.4. The molecule has 0 aliphatic carbocycles. The molecule has 2 aliphatic heterocycles. The number of hydrogen-bond acceptors (Lipinski definition) is 2. The summed E-state index contributed by atoms with van der Waals surface area (Å²) in [6, 6.07) is 15.3. The van der Waals surface area contributed by atoms with E-state index < -0.39 is 0 Å². The lowest BCUT2D eigenvalue weighted by atomic mass is 9.91. The molecule has 4 rings (SSSR count). The van der Waals surface area contributed by atoms with Gasteiger partial charge in [0.1, 0.15) is 0 Å². The van der Waals surface area contributed by atoms with E-state index in [1.165, 1.54) is 5.56 Å². The summed E-state index contributed by atoms with van der Waals surface area (Å²) in [5.74, 6) is -0.0341. The van der Waals surface area contributed by atoms with Crippen LogP contribution in [-0.2, 0) is 11.2 Å². The van der Waals surface area contributed by atoms with Gasteiger partial charge < -0.3 is 9.80 Å². The standard InChI is InChI=1S/C23H25ClN2O2/c1-16-8-9-17-5-2-3-7-21(17)26(16)23(28)19-6-4-14-25(15-19)22(27)18-10-12-20(24)13-11-18/h2-3,5,7,10-13,16,19H,4,6,8-9,14-15H2,1H3. The van der Waals surface area contributed by atoms with Gasteiger partial charge in [-0.15, -0.1) is 0 Å². The molecule has 2 aromatic carbocycles. The van der Waals surface area contributed by atoms with Gasteiger partial charge in [-0.05, 0) is 68.5 Å². The molecule has 28 heavy (non-hydrogen) atoms.